The van der Waals surface area contributed by atoms with Crippen LogP contribution in [0.3, 0.4) is 0 Å². The Balaban J connectivity index is 2.81. The Kier molecular flexibility index (Phi) is 6.41. The molecule has 4 N–H and O–H groups in total. The van der Waals surface area contributed by atoms with Crippen LogP contribution in [0, 0.1) is 12.3 Å². The Bertz CT molecular complexity index is 506. The molecule has 0 saturated carbocycles. The maximum absolute atomic E-state index is 8.72. The maximum atomic E-state index is 8.72. The lowest BCUT2D eigenvalue weighted by molar-refractivity contribution is 0.318. The second kappa shape index (κ2) is 8.08. The van der Waals surface area contributed by atoms with Crippen LogP contribution in [-0.2, 0) is 6.54 Å². The molecule has 108 valence electrons. The zero-order valence-electron chi connectivity index (χ0n) is 11.9. The van der Waals surface area contributed by atoms with Gasteiger partial charge in [0, 0.05) is 6.54 Å². The molecular formula is C15H21N3O2. The van der Waals surface area contributed by atoms with Crippen molar-refractivity contribution in [2.24, 2.45) is 10.9 Å². The number of nitrogens with zero attached hydrogens (tertiary/aromatic N) is 1. The second-order valence-electron chi connectivity index (χ2n) is 4.41. The number of hydrogen-bond donors (Lipinski definition) is 3. The highest BCUT2D eigenvalue weighted by Crippen LogP contribution is 2.20. The third-order valence-electron chi connectivity index (χ3n) is 2.98. The number of rotatable bonds is 7. The standard InChI is InChI=1S/C15H21N3O2/c1-4-6-12(5-2)17-10-11-7-8-13(15(16)18-19)14(9-11)20-3/h2,7-9,12,17,19H,4,6,10H2,1,3H3,(H2,16,18). The van der Waals surface area contributed by atoms with E-state index in [1.807, 2.05) is 12.1 Å². The second-order valence-corrected chi connectivity index (χ2v) is 4.41. The molecule has 0 heterocycles. The summed E-state index contributed by atoms with van der Waals surface area (Å²) in [7, 11) is 1.54. The smallest absolute Gasteiger partial charge is 0.173 e. The van der Waals surface area contributed by atoms with Crippen molar-refractivity contribution in [2.45, 2.75) is 32.4 Å². The summed E-state index contributed by atoms with van der Waals surface area (Å²) in [5.41, 5.74) is 7.16. The summed E-state index contributed by atoms with van der Waals surface area (Å²) < 4.78 is 5.25. The number of hydrogen-bond acceptors (Lipinski definition) is 4. The van der Waals surface area contributed by atoms with Gasteiger partial charge >= 0.3 is 0 Å². The van der Waals surface area contributed by atoms with Crippen LogP contribution in [0.1, 0.15) is 30.9 Å². The van der Waals surface area contributed by atoms with Gasteiger partial charge in [-0.25, -0.2) is 0 Å². The molecule has 0 amide bonds. The number of amidine groups is 1. The van der Waals surface area contributed by atoms with Gasteiger partial charge in [0.15, 0.2) is 5.84 Å². The molecule has 0 aliphatic rings. The number of benzene rings is 1. The first kappa shape index (κ1) is 15.9. The predicted molar refractivity (Wildman–Crippen MR) is 79.9 cm³/mol. The van der Waals surface area contributed by atoms with Crippen molar-refractivity contribution in [1.82, 2.24) is 5.32 Å². The minimum absolute atomic E-state index is 0.0221. The van der Waals surface area contributed by atoms with Gasteiger partial charge in [-0.3, -0.25) is 5.32 Å². The van der Waals surface area contributed by atoms with E-state index in [-0.39, 0.29) is 11.9 Å². The van der Waals surface area contributed by atoms with Crippen LogP contribution in [0.4, 0.5) is 0 Å². The van der Waals surface area contributed by atoms with Gasteiger partial charge in [0.05, 0.1) is 18.7 Å². The number of nitrogens with one attached hydrogen (secondary N) is 1. The van der Waals surface area contributed by atoms with E-state index in [2.05, 4.69) is 23.3 Å². The molecule has 1 aromatic carbocycles. The van der Waals surface area contributed by atoms with Crippen molar-refractivity contribution in [3.05, 3.63) is 29.3 Å². The van der Waals surface area contributed by atoms with Gasteiger partial charge in [0.2, 0.25) is 0 Å². The Labute approximate surface area is 119 Å². The molecular weight excluding hydrogens is 254 g/mol. The van der Waals surface area contributed by atoms with Crippen LogP contribution in [-0.4, -0.2) is 24.2 Å². The molecule has 0 fully saturated rings. The van der Waals surface area contributed by atoms with E-state index in [9.17, 15) is 0 Å². The summed E-state index contributed by atoms with van der Waals surface area (Å²) in [4.78, 5) is 0. The van der Waals surface area contributed by atoms with Gasteiger partial charge in [-0.1, -0.05) is 30.5 Å². The molecule has 0 aliphatic carbocycles. The Morgan fingerprint density at radius 1 is 1.60 bits per heavy atom. The molecule has 0 saturated heterocycles. The van der Waals surface area contributed by atoms with Gasteiger partial charge in [-0.05, 0) is 24.1 Å². The van der Waals surface area contributed by atoms with Crippen molar-refractivity contribution in [3.63, 3.8) is 0 Å². The lowest BCUT2D eigenvalue weighted by Gasteiger charge is -2.13. The van der Waals surface area contributed by atoms with Crippen molar-refractivity contribution in [2.75, 3.05) is 7.11 Å². The molecule has 5 nitrogen and oxygen atoms in total. The van der Waals surface area contributed by atoms with Gasteiger partial charge in [0.1, 0.15) is 5.75 Å². The summed E-state index contributed by atoms with van der Waals surface area (Å²) in [6, 6.07) is 5.56. The van der Waals surface area contributed by atoms with Crippen molar-refractivity contribution < 1.29 is 9.94 Å². The van der Waals surface area contributed by atoms with E-state index in [0.717, 1.165) is 18.4 Å². The first-order valence-corrected chi connectivity index (χ1v) is 6.50. The normalized spacial score (nSPS) is 12.8. The van der Waals surface area contributed by atoms with Crippen LogP contribution in [0.25, 0.3) is 0 Å². The lowest BCUT2D eigenvalue weighted by atomic mass is 10.1. The Morgan fingerprint density at radius 3 is 2.90 bits per heavy atom. The molecule has 0 aromatic heterocycles. The molecule has 0 bridgehead atoms. The van der Waals surface area contributed by atoms with E-state index < -0.39 is 0 Å². The Morgan fingerprint density at radius 2 is 2.35 bits per heavy atom. The van der Waals surface area contributed by atoms with E-state index in [0.29, 0.717) is 17.9 Å². The lowest BCUT2D eigenvalue weighted by Crippen LogP contribution is -2.26. The van der Waals surface area contributed by atoms with Crippen LogP contribution in [0.2, 0.25) is 0 Å². The SMILES string of the molecule is C#CC(CCC)NCc1ccc(/C(N)=N/O)c(OC)c1. The van der Waals surface area contributed by atoms with E-state index >= 15 is 0 Å². The number of methoxy groups -OCH3 is 1. The summed E-state index contributed by atoms with van der Waals surface area (Å²) in [6.45, 7) is 2.74. The quantitative estimate of drug-likeness (QED) is 0.232. The minimum atomic E-state index is 0.0221. The van der Waals surface area contributed by atoms with Crippen LogP contribution in [0.15, 0.2) is 23.4 Å². The van der Waals surface area contributed by atoms with Gasteiger partial charge in [-0.2, -0.15) is 0 Å². The predicted octanol–water partition coefficient (Wildman–Crippen LogP) is 1.68. The fourth-order valence-electron chi connectivity index (χ4n) is 1.89. The van der Waals surface area contributed by atoms with Crippen LogP contribution < -0.4 is 15.8 Å². The number of nitrogens with two attached hydrogens (primary N) is 1. The highest BCUT2D eigenvalue weighted by atomic mass is 16.5. The molecule has 0 radical (unpaired) electrons. The molecule has 0 spiro atoms. The zero-order chi connectivity index (χ0) is 15.0. The van der Waals surface area contributed by atoms with Gasteiger partial charge in [0.25, 0.3) is 0 Å². The van der Waals surface area contributed by atoms with E-state index in [1.54, 1.807) is 13.2 Å². The fraction of sp³-hybridized carbons (Fsp3) is 0.400. The first-order chi connectivity index (χ1) is 9.65. The van der Waals surface area contributed by atoms with E-state index in [1.165, 1.54) is 0 Å². The van der Waals surface area contributed by atoms with E-state index in [4.69, 9.17) is 22.1 Å². The Hall–Kier alpha value is -2.19. The highest BCUT2D eigenvalue weighted by Gasteiger charge is 2.09. The molecule has 1 unspecified atom stereocenters. The zero-order valence-corrected chi connectivity index (χ0v) is 11.9. The van der Waals surface area contributed by atoms with Crippen LogP contribution >= 0.6 is 0 Å². The van der Waals surface area contributed by atoms with Crippen molar-refractivity contribution in [3.8, 4) is 18.1 Å². The van der Waals surface area contributed by atoms with Crippen molar-refractivity contribution in [1.29, 1.82) is 0 Å². The molecule has 5 heteroatoms. The third kappa shape index (κ3) is 4.18. The minimum Gasteiger partial charge on any atom is -0.496 e. The average Bonchev–Trinajstić information content (AvgIpc) is 2.50. The topological polar surface area (TPSA) is 79.9 Å². The summed E-state index contributed by atoms with van der Waals surface area (Å²) in [5, 5.41) is 15.0. The molecule has 20 heavy (non-hydrogen) atoms. The number of terminal acetylenes is 1. The summed E-state index contributed by atoms with van der Waals surface area (Å²) >= 11 is 0. The molecule has 0 aliphatic heterocycles. The first-order valence-electron chi connectivity index (χ1n) is 6.50. The average molecular weight is 275 g/mol. The largest absolute Gasteiger partial charge is 0.496 e. The van der Waals surface area contributed by atoms with Crippen molar-refractivity contribution >= 4 is 5.84 Å². The van der Waals surface area contributed by atoms with Gasteiger partial charge in [-0.15, -0.1) is 6.42 Å². The summed E-state index contributed by atoms with van der Waals surface area (Å²) in [5.74, 6) is 3.31. The molecule has 1 atom stereocenters. The highest BCUT2D eigenvalue weighted by molar-refractivity contribution is 5.99. The number of ether oxygens (including phenoxy) is 1. The van der Waals surface area contributed by atoms with Gasteiger partial charge < -0.3 is 15.7 Å². The van der Waals surface area contributed by atoms with Crippen LogP contribution in [0.5, 0.6) is 5.75 Å². The molecule has 1 rings (SSSR count). The monoisotopic (exact) mass is 275 g/mol. The summed E-state index contributed by atoms with van der Waals surface area (Å²) in [6.07, 6.45) is 7.44. The molecule has 1 aromatic rings. The fourth-order valence-corrected chi connectivity index (χ4v) is 1.89. The maximum Gasteiger partial charge on any atom is 0.173 e. The number of oxime groups is 1. The third-order valence-corrected chi connectivity index (χ3v) is 2.98.